The number of halogens is 1. The number of anilines is 1. The van der Waals surface area contributed by atoms with Crippen LogP contribution >= 0.6 is 11.6 Å². The number of carbonyl (C=O) groups is 2. The van der Waals surface area contributed by atoms with Crippen molar-refractivity contribution in [3.8, 4) is 0 Å². The van der Waals surface area contributed by atoms with Gasteiger partial charge in [-0.2, -0.15) is 0 Å². The summed E-state index contributed by atoms with van der Waals surface area (Å²) >= 11 is 6.03. The van der Waals surface area contributed by atoms with Crippen molar-refractivity contribution in [2.24, 2.45) is 5.73 Å². The van der Waals surface area contributed by atoms with Crippen LogP contribution in [0.25, 0.3) is 0 Å². The summed E-state index contributed by atoms with van der Waals surface area (Å²) in [6.07, 6.45) is 0. The van der Waals surface area contributed by atoms with E-state index in [2.05, 4.69) is 5.32 Å². The molecule has 4 nitrogen and oxygen atoms in total. The normalized spacial score (nSPS) is 10.1. The minimum Gasteiger partial charge on any atom is -0.324 e. The van der Waals surface area contributed by atoms with Gasteiger partial charge in [0.05, 0.1) is 17.3 Å². The lowest BCUT2D eigenvalue weighted by molar-refractivity contribution is -0.114. The van der Waals surface area contributed by atoms with E-state index in [9.17, 15) is 9.59 Å². The summed E-state index contributed by atoms with van der Waals surface area (Å²) in [5.74, 6) is -0.604. The highest BCUT2D eigenvalue weighted by molar-refractivity contribution is 6.35. The van der Waals surface area contributed by atoms with Gasteiger partial charge in [0, 0.05) is 11.1 Å². The third-order valence-electron chi connectivity index (χ3n) is 2.75. The van der Waals surface area contributed by atoms with E-state index in [1.54, 1.807) is 48.5 Å². The fourth-order valence-electron chi connectivity index (χ4n) is 1.78. The highest BCUT2D eigenvalue weighted by atomic mass is 35.5. The highest BCUT2D eigenvalue weighted by Crippen LogP contribution is 2.23. The number of nitrogens with two attached hydrogens (primary N) is 1. The number of ketones is 1. The van der Waals surface area contributed by atoms with Crippen LogP contribution in [0, 0.1) is 0 Å². The summed E-state index contributed by atoms with van der Waals surface area (Å²) in [6.45, 7) is -0.144. The highest BCUT2D eigenvalue weighted by Gasteiger charge is 2.16. The smallest absolute Gasteiger partial charge is 0.238 e. The number of nitrogens with one attached hydrogen (secondary N) is 1. The number of amides is 1. The first-order chi connectivity index (χ1) is 9.63. The fraction of sp³-hybridized carbons (Fsp3) is 0.0667. The van der Waals surface area contributed by atoms with Crippen molar-refractivity contribution >= 4 is 29.0 Å². The van der Waals surface area contributed by atoms with E-state index in [1.807, 2.05) is 0 Å². The van der Waals surface area contributed by atoms with Crippen LogP contribution < -0.4 is 11.1 Å². The molecule has 3 N–H and O–H groups in total. The molecule has 2 aromatic rings. The van der Waals surface area contributed by atoms with Gasteiger partial charge in [0.2, 0.25) is 5.91 Å². The lowest BCUT2D eigenvalue weighted by Crippen LogP contribution is -2.23. The molecule has 5 heteroatoms. The van der Waals surface area contributed by atoms with Crippen LogP contribution in [0.1, 0.15) is 15.9 Å². The number of hydrogen-bond acceptors (Lipinski definition) is 3. The summed E-state index contributed by atoms with van der Waals surface area (Å²) in [6, 6.07) is 13.5. The van der Waals surface area contributed by atoms with Gasteiger partial charge in [0.25, 0.3) is 0 Å². The summed E-state index contributed by atoms with van der Waals surface area (Å²) < 4.78 is 0. The SMILES string of the molecule is NCC(=O)Nc1ccccc1C(=O)c1ccccc1Cl. The van der Waals surface area contributed by atoms with Gasteiger partial charge in [0.1, 0.15) is 0 Å². The Kier molecular flexibility index (Phi) is 4.50. The number of para-hydroxylation sites is 1. The molecule has 0 spiro atoms. The minimum absolute atomic E-state index is 0.144. The van der Waals surface area contributed by atoms with Gasteiger partial charge >= 0.3 is 0 Å². The van der Waals surface area contributed by atoms with Crippen molar-refractivity contribution in [3.05, 3.63) is 64.7 Å². The topological polar surface area (TPSA) is 72.2 Å². The Morgan fingerprint density at radius 2 is 1.60 bits per heavy atom. The quantitative estimate of drug-likeness (QED) is 0.849. The molecule has 0 aromatic heterocycles. The summed E-state index contributed by atoms with van der Waals surface area (Å²) in [5, 5.41) is 2.98. The Morgan fingerprint density at radius 3 is 2.25 bits per heavy atom. The summed E-state index contributed by atoms with van der Waals surface area (Å²) in [7, 11) is 0. The van der Waals surface area contributed by atoms with Crippen molar-refractivity contribution in [1.29, 1.82) is 0 Å². The number of rotatable bonds is 4. The molecule has 0 saturated heterocycles. The molecule has 0 unspecified atom stereocenters. The van der Waals surface area contributed by atoms with Crippen LogP contribution in [0.5, 0.6) is 0 Å². The first-order valence-electron chi connectivity index (χ1n) is 6.01. The van der Waals surface area contributed by atoms with Crippen LogP contribution in [0.2, 0.25) is 5.02 Å². The standard InChI is InChI=1S/C15H13ClN2O2/c16-12-7-3-1-5-10(12)15(20)11-6-2-4-8-13(11)18-14(19)9-17/h1-8H,9,17H2,(H,18,19). The van der Waals surface area contributed by atoms with Gasteiger partial charge in [0.15, 0.2) is 5.78 Å². The maximum atomic E-state index is 12.5. The second kappa shape index (κ2) is 6.32. The Balaban J connectivity index is 2.40. The Labute approximate surface area is 121 Å². The van der Waals surface area contributed by atoms with Gasteiger partial charge in [-0.25, -0.2) is 0 Å². The van der Waals surface area contributed by atoms with E-state index in [0.717, 1.165) is 0 Å². The largest absolute Gasteiger partial charge is 0.324 e. The van der Waals surface area contributed by atoms with Crippen LogP contribution in [-0.4, -0.2) is 18.2 Å². The zero-order chi connectivity index (χ0) is 14.5. The summed E-state index contributed by atoms with van der Waals surface area (Å²) in [5.41, 5.74) is 6.46. The maximum Gasteiger partial charge on any atom is 0.238 e. The zero-order valence-corrected chi connectivity index (χ0v) is 11.4. The lowest BCUT2D eigenvalue weighted by atomic mass is 10.0. The molecule has 0 atom stereocenters. The Morgan fingerprint density at radius 1 is 1.00 bits per heavy atom. The van der Waals surface area contributed by atoms with E-state index >= 15 is 0 Å². The van der Waals surface area contributed by atoms with E-state index in [4.69, 9.17) is 17.3 Å². The second-order valence-electron chi connectivity index (χ2n) is 4.11. The molecule has 0 aliphatic carbocycles. The molecule has 0 heterocycles. The van der Waals surface area contributed by atoms with Crippen molar-refractivity contribution in [2.45, 2.75) is 0 Å². The molecule has 102 valence electrons. The third-order valence-corrected chi connectivity index (χ3v) is 3.08. The van der Waals surface area contributed by atoms with Crippen molar-refractivity contribution < 1.29 is 9.59 Å². The van der Waals surface area contributed by atoms with Crippen molar-refractivity contribution in [1.82, 2.24) is 0 Å². The molecule has 0 saturated carbocycles. The average molecular weight is 289 g/mol. The van der Waals surface area contributed by atoms with Gasteiger partial charge in [-0.05, 0) is 24.3 Å². The van der Waals surface area contributed by atoms with Crippen LogP contribution in [0.15, 0.2) is 48.5 Å². The predicted octanol–water partition coefficient (Wildman–Crippen LogP) is 2.47. The first kappa shape index (κ1) is 14.2. The van der Waals surface area contributed by atoms with E-state index in [-0.39, 0.29) is 18.2 Å². The lowest BCUT2D eigenvalue weighted by Gasteiger charge is -2.10. The van der Waals surface area contributed by atoms with Crippen molar-refractivity contribution in [3.63, 3.8) is 0 Å². The second-order valence-corrected chi connectivity index (χ2v) is 4.51. The monoisotopic (exact) mass is 288 g/mol. The Hall–Kier alpha value is -2.17. The number of hydrogen-bond donors (Lipinski definition) is 2. The summed E-state index contributed by atoms with van der Waals surface area (Å²) in [4.78, 5) is 23.9. The van der Waals surface area contributed by atoms with Crippen LogP contribution in [0.3, 0.4) is 0 Å². The van der Waals surface area contributed by atoms with E-state index in [1.165, 1.54) is 0 Å². The molecule has 0 aliphatic rings. The number of carbonyl (C=O) groups excluding carboxylic acids is 2. The molecule has 0 bridgehead atoms. The third kappa shape index (κ3) is 3.04. The molecule has 2 aromatic carbocycles. The average Bonchev–Trinajstić information content (AvgIpc) is 2.47. The van der Waals surface area contributed by atoms with Gasteiger partial charge < -0.3 is 11.1 Å². The molecular formula is C15H13ClN2O2. The molecule has 0 fully saturated rings. The molecule has 2 rings (SSSR count). The fourth-order valence-corrected chi connectivity index (χ4v) is 2.00. The van der Waals surface area contributed by atoms with E-state index in [0.29, 0.717) is 21.8 Å². The predicted molar refractivity (Wildman–Crippen MR) is 79.0 cm³/mol. The van der Waals surface area contributed by atoms with Gasteiger partial charge in [-0.1, -0.05) is 35.9 Å². The van der Waals surface area contributed by atoms with Crippen LogP contribution in [-0.2, 0) is 4.79 Å². The molecule has 0 aliphatic heterocycles. The molecule has 1 amide bonds. The van der Waals surface area contributed by atoms with Crippen LogP contribution in [0.4, 0.5) is 5.69 Å². The van der Waals surface area contributed by atoms with Gasteiger partial charge in [-0.15, -0.1) is 0 Å². The molecular weight excluding hydrogens is 276 g/mol. The minimum atomic E-state index is -0.357. The zero-order valence-electron chi connectivity index (χ0n) is 10.6. The van der Waals surface area contributed by atoms with E-state index < -0.39 is 0 Å². The van der Waals surface area contributed by atoms with Crippen molar-refractivity contribution in [2.75, 3.05) is 11.9 Å². The number of benzene rings is 2. The molecule has 20 heavy (non-hydrogen) atoms. The molecule has 0 radical (unpaired) electrons. The van der Waals surface area contributed by atoms with Gasteiger partial charge in [-0.3, -0.25) is 9.59 Å². The first-order valence-corrected chi connectivity index (χ1v) is 6.39. The Bertz CT molecular complexity index is 656. The maximum absolute atomic E-state index is 12.5.